The van der Waals surface area contributed by atoms with Crippen LogP contribution in [-0.2, 0) is 4.74 Å². The molecule has 6 nitrogen and oxygen atoms in total. The number of hydrogen-bond donors (Lipinski definition) is 1. The Morgan fingerprint density at radius 2 is 1.81 bits per heavy atom. The largest absolute Gasteiger partial charge is 0.507 e. The van der Waals surface area contributed by atoms with Gasteiger partial charge in [-0.05, 0) is 18.2 Å². The number of esters is 1. The molecule has 0 aliphatic carbocycles. The predicted octanol–water partition coefficient (Wildman–Crippen LogP) is 4.05. The maximum atomic E-state index is 12.4. The van der Waals surface area contributed by atoms with Crippen LogP contribution in [0.15, 0.2) is 65.2 Å². The van der Waals surface area contributed by atoms with Gasteiger partial charge in [-0.25, -0.2) is 9.78 Å². The van der Waals surface area contributed by atoms with Crippen molar-refractivity contribution in [3.8, 4) is 28.3 Å². The first-order valence-electron chi connectivity index (χ1n) is 7.91. The quantitative estimate of drug-likeness (QED) is 0.563. The summed E-state index contributed by atoms with van der Waals surface area (Å²) in [6, 6.07) is 17.7. The van der Waals surface area contributed by atoms with E-state index < -0.39 is 5.97 Å². The van der Waals surface area contributed by atoms with Crippen LogP contribution in [0.4, 0.5) is 0 Å². The third-order valence-corrected chi connectivity index (χ3v) is 4.08. The Labute approximate surface area is 148 Å². The average molecular weight is 346 g/mol. The lowest BCUT2D eigenvalue weighted by molar-refractivity contribution is 0.0603. The van der Waals surface area contributed by atoms with Crippen molar-refractivity contribution in [2.24, 2.45) is 0 Å². The number of methoxy groups -OCH3 is 1. The lowest BCUT2D eigenvalue weighted by Gasteiger charge is -2.07. The van der Waals surface area contributed by atoms with E-state index in [1.807, 2.05) is 30.3 Å². The van der Waals surface area contributed by atoms with Crippen LogP contribution in [0.3, 0.4) is 0 Å². The Morgan fingerprint density at radius 3 is 2.54 bits per heavy atom. The molecule has 0 spiro atoms. The fraction of sp³-hybridized carbons (Fsp3) is 0.0500. The van der Waals surface area contributed by atoms with E-state index in [1.54, 1.807) is 30.3 Å². The third-order valence-electron chi connectivity index (χ3n) is 4.08. The number of rotatable bonds is 3. The molecule has 0 fully saturated rings. The topological polar surface area (TPSA) is 85.5 Å². The summed E-state index contributed by atoms with van der Waals surface area (Å²) in [7, 11) is 1.31. The van der Waals surface area contributed by atoms with E-state index in [4.69, 9.17) is 9.26 Å². The fourth-order valence-electron chi connectivity index (χ4n) is 2.84. The SMILES string of the molecule is COC(=O)c1cc(-c2ccccc2O)nc2onc(-c3ccccc3)c12. The van der Waals surface area contributed by atoms with E-state index in [0.29, 0.717) is 22.3 Å². The van der Waals surface area contributed by atoms with Crippen LogP contribution in [-0.4, -0.2) is 28.3 Å². The van der Waals surface area contributed by atoms with Gasteiger partial charge in [0.2, 0.25) is 0 Å². The standard InChI is InChI=1S/C20H14N2O4/c1-25-20(24)14-11-15(13-9-5-6-10-16(13)23)21-19-17(14)18(22-26-19)12-7-3-2-4-8-12/h2-11,23H,1H3. The van der Waals surface area contributed by atoms with Crippen LogP contribution < -0.4 is 0 Å². The highest BCUT2D eigenvalue weighted by atomic mass is 16.5. The number of fused-ring (bicyclic) bond motifs is 1. The monoisotopic (exact) mass is 346 g/mol. The van der Waals surface area contributed by atoms with Crippen molar-refractivity contribution in [1.82, 2.24) is 10.1 Å². The highest BCUT2D eigenvalue weighted by Crippen LogP contribution is 2.35. The molecule has 2 aromatic carbocycles. The number of aromatic hydroxyl groups is 1. The number of pyridine rings is 1. The first-order valence-corrected chi connectivity index (χ1v) is 7.91. The van der Waals surface area contributed by atoms with E-state index in [-0.39, 0.29) is 17.0 Å². The molecule has 0 saturated heterocycles. The molecule has 0 amide bonds. The number of nitrogens with zero attached hydrogens (tertiary/aromatic N) is 2. The Hall–Kier alpha value is -3.67. The van der Waals surface area contributed by atoms with E-state index >= 15 is 0 Å². The average Bonchev–Trinajstić information content (AvgIpc) is 3.11. The maximum Gasteiger partial charge on any atom is 0.338 e. The van der Waals surface area contributed by atoms with Crippen molar-refractivity contribution in [3.63, 3.8) is 0 Å². The molecule has 6 heteroatoms. The van der Waals surface area contributed by atoms with Gasteiger partial charge in [0, 0.05) is 11.1 Å². The van der Waals surface area contributed by atoms with E-state index in [9.17, 15) is 9.90 Å². The number of benzene rings is 2. The van der Waals surface area contributed by atoms with Crippen molar-refractivity contribution >= 4 is 17.1 Å². The van der Waals surface area contributed by atoms with Gasteiger partial charge >= 0.3 is 5.97 Å². The summed E-state index contributed by atoms with van der Waals surface area (Å²) in [5, 5.41) is 14.7. The maximum absolute atomic E-state index is 12.4. The number of phenolic OH excluding ortho intramolecular Hbond substituents is 1. The minimum atomic E-state index is -0.533. The number of para-hydroxylation sites is 1. The molecular formula is C20H14N2O4. The van der Waals surface area contributed by atoms with Crippen molar-refractivity contribution < 1.29 is 19.2 Å². The summed E-state index contributed by atoms with van der Waals surface area (Å²) < 4.78 is 10.3. The van der Waals surface area contributed by atoms with Crippen LogP contribution in [0.2, 0.25) is 0 Å². The second-order valence-electron chi connectivity index (χ2n) is 5.64. The third kappa shape index (κ3) is 2.57. The van der Waals surface area contributed by atoms with Gasteiger partial charge < -0.3 is 14.4 Å². The first kappa shape index (κ1) is 15.8. The number of hydrogen-bond acceptors (Lipinski definition) is 6. The van der Waals surface area contributed by atoms with Crippen LogP contribution in [0.5, 0.6) is 5.75 Å². The highest BCUT2D eigenvalue weighted by Gasteiger charge is 2.23. The molecule has 4 rings (SSSR count). The van der Waals surface area contributed by atoms with E-state index in [2.05, 4.69) is 10.1 Å². The summed E-state index contributed by atoms with van der Waals surface area (Å²) in [5.74, 6) is -0.479. The zero-order chi connectivity index (χ0) is 18.1. The van der Waals surface area contributed by atoms with Gasteiger partial charge in [0.25, 0.3) is 5.71 Å². The number of aromatic nitrogens is 2. The molecule has 2 aromatic heterocycles. The molecule has 0 saturated carbocycles. The van der Waals surface area contributed by atoms with Crippen LogP contribution in [0, 0.1) is 0 Å². The second-order valence-corrected chi connectivity index (χ2v) is 5.64. The number of carbonyl (C=O) groups is 1. The number of carbonyl (C=O) groups excluding carboxylic acids is 1. The summed E-state index contributed by atoms with van der Waals surface area (Å²) >= 11 is 0. The Bertz CT molecular complexity index is 1100. The van der Waals surface area contributed by atoms with Crippen molar-refractivity contribution in [1.29, 1.82) is 0 Å². The molecule has 0 aliphatic heterocycles. The molecule has 4 aromatic rings. The zero-order valence-corrected chi connectivity index (χ0v) is 13.8. The Morgan fingerprint density at radius 1 is 1.08 bits per heavy atom. The second kappa shape index (κ2) is 6.33. The van der Waals surface area contributed by atoms with Crippen LogP contribution >= 0.6 is 0 Å². The first-order chi connectivity index (χ1) is 12.7. The van der Waals surface area contributed by atoms with E-state index in [0.717, 1.165) is 5.56 Å². The lowest BCUT2D eigenvalue weighted by atomic mass is 10.0. The van der Waals surface area contributed by atoms with Gasteiger partial charge in [-0.15, -0.1) is 0 Å². The van der Waals surface area contributed by atoms with Crippen LogP contribution in [0.25, 0.3) is 33.6 Å². The smallest absolute Gasteiger partial charge is 0.338 e. The number of ether oxygens (including phenoxy) is 1. The predicted molar refractivity (Wildman–Crippen MR) is 95.7 cm³/mol. The van der Waals surface area contributed by atoms with Gasteiger partial charge in [-0.2, -0.15) is 0 Å². The molecule has 26 heavy (non-hydrogen) atoms. The van der Waals surface area contributed by atoms with E-state index in [1.165, 1.54) is 7.11 Å². The van der Waals surface area contributed by atoms with Gasteiger partial charge in [-0.1, -0.05) is 47.6 Å². The minimum Gasteiger partial charge on any atom is -0.507 e. The molecule has 2 heterocycles. The Balaban J connectivity index is 2.01. The van der Waals surface area contributed by atoms with Crippen molar-refractivity contribution in [2.75, 3.05) is 7.11 Å². The summed E-state index contributed by atoms with van der Waals surface area (Å²) in [6.45, 7) is 0. The van der Waals surface area contributed by atoms with Crippen molar-refractivity contribution in [3.05, 3.63) is 66.2 Å². The molecule has 128 valence electrons. The van der Waals surface area contributed by atoms with Gasteiger partial charge in [0.15, 0.2) is 0 Å². The molecular weight excluding hydrogens is 332 g/mol. The fourth-order valence-corrected chi connectivity index (χ4v) is 2.84. The molecule has 0 bridgehead atoms. The lowest BCUT2D eigenvalue weighted by Crippen LogP contribution is -2.03. The normalized spacial score (nSPS) is 10.8. The summed E-state index contributed by atoms with van der Waals surface area (Å²) in [6.07, 6.45) is 0. The van der Waals surface area contributed by atoms with Gasteiger partial charge in [0.1, 0.15) is 11.4 Å². The summed E-state index contributed by atoms with van der Waals surface area (Å²) in [5.41, 5.74) is 2.66. The zero-order valence-electron chi connectivity index (χ0n) is 13.8. The van der Waals surface area contributed by atoms with Gasteiger partial charge in [0.05, 0.1) is 23.8 Å². The summed E-state index contributed by atoms with van der Waals surface area (Å²) in [4.78, 5) is 16.8. The number of phenols is 1. The van der Waals surface area contributed by atoms with Crippen molar-refractivity contribution in [2.45, 2.75) is 0 Å². The molecule has 1 N–H and O–H groups in total. The minimum absolute atomic E-state index is 0.0537. The highest BCUT2D eigenvalue weighted by molar-refractivity contribution is 6.08. The molecule has 0 radical (unpaired) electrons. The molecule has 0 atom stereocenters. The Kier molecular flexibility index (Phi) is 3.85. The van der Waals surface area contributed by atoms with Gasteiger partial charge in [-0.3, -0.25) is 0 Å². The molecule has 0 aliphatic rings. The van der Waals surface area contributed by atoms with Crippen LogP contribution in [0.1, 0.15) is 10.4 Å². The molecule has 0 unspecified atom stereocenters.